The van der Waals surface area contributed by atoms with E-state index in [2.05, 4.69) is 4.98 Å². The molecule has 0 unspecified atom stereocenters. The third kappa shape index (κ3) is 4.28. The number of carbonyl (C=O) groups is 2. The van der Waals surface area contributed by atoms with Gasteiger partial charge in [0.25, 0.3) is 5.91 Å². The quantitative estimate of drug-likeness (QED) is 0.876. The maximum Gasteiger partial charge on any atom is 0.276 e. The van der Waals surface area contributed by atoms with Crippen LogP contribution in [-0.2, 0) is 4.79 Å². The minimum Gasteiger partial charge on any atom is -0.378 e. The van der Waals surface area contributed by atoms with E-state index in [0.29, 0.717) is 5.69 Å². The van der Waals surface area contributed by atoms with Gasteiger partial charge in [-0.05, 0) is 36.4 Å². The number of primary amides is 1. The lowest BCUT2D eigenvalue weighted by Gasteiger charge is -2.22. The summed E-state index contributed by atoms with van der Waals surface area (Å²) in [5.74, 6) is -1.31. The highest BCUT2D eigenvalue weighted by molar-refractivity contribution is 6.05. The maximum atomic E-state index is 13.1. The normalized spacial score (nSPS) is 10.3. The van der Waals surface area contributed by atoms with Crippen molar-refractivity contribution < 1.29 is 14.0 Å². The standard InChI is InChI=1S/C17H19FN4O2/c1-21(2)14-7-9-20-15(11-14)17(24)22(10-8-16(19)23)13-5-3-12(18)4-6-13/h3-7,9,11H,8,10H2,1-2H3,(H2,19,23). The Morgan fingerprint density at radius 1 is 1.12 bits per heavy atom. The zero-order chi connectivity index (χ0) is 17.7. The topological polar surface area (TPSA) is 79.5 Å². The summed E-state index contributed by atoms with van der Waals surface area (Å²) in [5.41, 5.74) is 6.71. The van der Waals surface area contributed by atoms with Gasteiger partial charge in [-0.1, -0.05) is 0 Å². The fourth-order valence-corrected chi connectivity index (χ4v) is 2.14. The molecular weight excluding hydrogens is 311 g/mol. The van der Waals surface area contributed by atoms with Crippen LogP contribution < -0.4 is 15.5 Å². The third-order valence-corrected chi connectivity index (χ3v) is 3.44. The molecule has 0 aliphatic carbocycles. The molecule has 0 atom stereocenters. The van der Waals surface area contributed by atoms with Gasteiger partial charge in [0, 0.05) is 44.6 Å². The zero-order valence-corrected chi connectivity index (χ0v) is 13.6. The second-order valence-electron chi connectivity index (χ2n) is 5.44. The van der Waals surface area contributed by atoms with Crippen molar-refractivity contribution in [3.05, 3.63) is 54.1 Å². The van der Waals surface area contributed by atoms with Crippen LogP contribution in [0.5, 0.6) is 0 Å². The van der Waals surface area contributed by atoms with E-state index in [1.807, 2.05) is 19.0 Å². The third-order valence-electron chi connectivity index (χ3n) is 3.44. The predicted octanol–water partition coefficient (Wildman–Crippen LogP) is 1.81. The Morgan fingerprint density at radius 3 is 2.38 bits per heavy atom. The van der Waals surface area contributed by atoms with Gasteiger partial charge in [-0.25, -0.2) is 4.39 Å². The van der Waals surface area contributed by atoms with Crippen molar-refractivity contribution in [2.75, 3.05) is 30.4 Å². The van der Waals surface area contributed by atoms with Crippen molar-refractivity contribution in [1.82, 2.24) is 4.98 Å². The van der Waals surface area contributed by atoms with Gasteiger partial charge in [-0.3, -0.25) is 14.6 Å². The molecule has 0 radical (unpaired) electrons. The molecular formula is C17H19FN4O2. The Kier molecular flexibility index (Phi) is 5.47. The molecule has 1 aromatic heterocycles. The number of rotatable bonds is 6. The van der Waals surface area contributed by atoms with E-state index in [0.717, 1.165) is 5.69 Å². The summed E-state index contributed by atoms with van der Waals surface area (Å²) < 4.78 is 13.1. The molecule has 0 saturated carbocycles. The Bertz CT molecular complexity index is 732. The first-order valence-corrected chi connectivity index (χ1v) is 7.37. The number of nitrogens with zero attached hydrogens (tertiary/aromatic N) is 3. The molecule has 7 heteroatoms. The molecule has 0 bridgehead atoms. The SMILES string of the molecule is CN(C)c1ccnc(C(=O)N(CCC(N)=O)c2ccc(F)cc2)c1. The number of amides is 2. The van der Waals surface area contributed by atoms with E-state index in [-0.39, 0.29) is 24.6 Å². The number of hydrogen-bond acceptors (Lipinski definition) is 4. The van der Waals surface area contributed by atoms with Crippen LogP contribution in [0.1, 0.15) is 16.9 Å². The molecule has 6 nitrogen and oxygen atoms in total. The first-order chi connectivity index (χ1) is 11.4. The molecule has 2 rings (SSSR count). The van der Waals surface area contributed by atoms with Gasteiger partial charge in [0.05, 0.1) is 0 Å². The lowest BCUT2D eigenvalue weighted by atomic mass is 10.2. The van der Waals surface area contributed by atoms with Crippen molar-refractivity contribution in [3.63, 3.8) is 0 Å². The molecule has 0 fully saturated rings. The van der Waals surface area contributed by atoms with Gasteiger partial charge < -0.3 is 15.5 Å². The second kappa shape index (κ2) is 7.54. The Hall–Kier alpha value is -2.96. The van der Waals surface area contributed by atoms with E-state index in [4.69, 9.17) is 5.73 Å². The predicted molar refractivity (Wildman–Crippen MR) is 90.5 cm³/mol. The van der Waals surface area contributed by atoms with Gasteiger partial charge in [0.15, 0.2) is 0 Å². The van der Waals surface area contributed by atoms with E-state index in [9.17, 15) is 14.0 Å². The van der Waals surface area contributed by atoms with E-state index >= 15 is 0 Å². The summed E-state index contributed by atoms with van der Waals surface area (Å²) in [6, 6.07) is 8.90. The Morgan fingerprint density at radius 2 is 1.79 bits per heavy atom. The second-order valence-corrected chi connectivity index (χ2v) is 5.44. The Labute approximate surface area is 139 Å². The maximum absolute atomic E-state index is 13.1. The number of halogens is 1. The van der Waals surface area contributed by atoms with Crippen LogP contribution in [0.2, 0.25) is 0 Å². The first-order valence-electron chi connectivity index (χ1n) is 7.37. The fraction of sp³-hybridized carbons (Fsp3) is 0.235. The monoisotopic (exact) mass is 330 g/mol. The molecule has 1 heterocycles. The van der Waals surface area contributed by atoms with Crippen LogP contribution in [0, 0.1) is 5.82 Å². The number of pyridine rings is 1. The van der Waals surface area contributed by atoms with E-state index in [1.165, 1.54) is 29.2 Å². The molecule has 2 aromatic rings. The van der Waals surface area contributed by atoms with Gasteiger partial charge >= 0.3 is 0 Å². The van der Waals surface area contributed by atoms with E-state index in [1.54, 1.807) is 18.3 Å². The number of hydrogen-bond donors (Lipinski definition) is 1. The summed E-state index contributed by atoms with van der Waals surface area (Å²) in [6.07, 6.45) is 1.54. The summed E-state index contributed by atoms with van der Waals surface area (Å²) in [6.45, 7) is 0.0909. The van der Waals surface area contributed by atoms with Crippen molar-refractivity contribution in [1.29, 1.82) is 0 Å². The van der Waals surface area contributed by atoms with Gasteiger partial charge in [-0.15, -0.1) is 0 Å². The van der Waals surface area contributed by atoms with Crippen LogP contribution in [0.3, 0.4) is 0 Å². The summed E-state index contributed by atoms with van der Waals surface area (Å²) >= 11 is 0. The Balaban J connectivity index is 2.34. The van der Waals surface area contributed by atoms with Crippen molar-refractivity contribution >= 4 is 23.2 Å². The molecule has 0 aliphatic rings. The summed E-state index contributed by atoms with van der Waals surface area (Å²) in [5, 5.41) is 0. The highest BCUT2D eigenvalue weighted by Crippen LogP contribution is 2.19. The number of aromatic nitrogens is 1. The molecule has 2 amide bonds. The van der Waals surface area contributed by atoms with Gasteiger partial charge in [0.1, 0.15) is 11.5 Å². The summed E-state index contributed by atoms with van der Waals surface area (Å²) in [7, 11) is 3.71. The highest BCUT2D eigenvalue weighted by atomic mass is 19.1. The highest BCUT2D eigenvalue weighted by Gasteiger charge is 2.20. The minimum absolute atomic E-state index is 0.00348. The van der Waals surface area contributed by atoms with Crippen LogP contribution in [0.4, 0.5) is 15.8 Å². The molecule has 2 N–H and O–H groups in total. The number of benzene rings is 1. The number of carbonyl (C=O) groups excluding carboxylic acids is 2. The van der Waals surface area contributed by atoms with Crippen LogP contribution in [-0.4, -0.2) is 37.4 Å². The van der Waals surface area contributed by atoms with Crippen LogP contribution in [0.25, 0.3) is 0 Å². The zero-order valence-electron chi connectivity index (χ0n) is 13.6. The van der Waals surface area contributed by atoms with Gasteiger partial charge in [-0.2, -0.15) is 0 Å². The number of nitrogens with two attached hydrogens (primary N) is 1. The summed E-state index contributed by atoms with van der Waals surface area (Å²) in [4.78, 5) is 31.2. The minimum atomic E-state index is -0.523. The molecule has 0 spiro atoms. The fourth-order valence-electron chi connectivity index (χ4n) is 2.14. The van der Waals surface area contributed by atoms with E-state index < -0.39 is 11.7 Å². The van der Waals surface area contributed by atoms with Crippen molar-refractivity contribution in [2.24, 2.45) is 5.73 Å². The van der Waals surface area contributed by atoms with Crippen LogP contribution >= 0.6 is 0 Å². The van der Waals surface area contributed by atoms with Crippen molar-refractivity contribution in [3.8, 4) is 0 Å². The van der Waals surface area contributed by atoms with Gasteiger partial charge in [0.2, 0.25) is 5.91 Å². The molecule has 1 aromatic carbocycles. The molecule has 126 valence electrons. The van der Waals surface area contributed by atoms with Crippen molar-refractivity contribution in [2.45, 2.75) is 6.42 Å². The number of anilines is 2. The van der Waals surface area contributed by atoms with Crippen LogP contribution in [0.15, 0.2) is 42.6 Å². The molecule has 0 saturated heterocycles. The lowest BCUT2D eigenvalue weighted by Crippen LogP contribution is -2.34. The smallest absolute Gasteiger partial charge is 0.276 e. The largest absolute Gasteiger partial charge is 0.378 e. The lowest BCUT2D eigenvalue weighted by molar-refractivity contribution is -0.117. The first kappa shape index (κ1) is 17.4. The molecule has 0 aliphatic heterocycles. The average molecular weight is 330 g/mol. The average Bonchev–Trinajstić information content (AvgIpc) is 2.56. The molecule has 24 heavy (non-hydrogen) atoms.